The minimum Gasteiger partial charge on any atom is -0.309 e. The van der Waals surface area contributed by atoms with Crippen LogP contribution in [0.1, 0.15) is 31.7 Å². The minimum absolute atomic E-state index is 0.00394. The van der Waals surface area contributed by atoms with Crippen LogP contribution in [-0.2, 0) is 11.8 Å². The largest absolute Gasteiger partial charge is 0.309 e. The molecule has 0 aliphatic rings. The second kappa shape index (κ2) is 6.37. The molecule has 0 saturated heterocycles. The number of carbonyl (C=O) groups excluding carboxylic acids is 1. The van der Waals surface area contributed by atoms with Crippen LogP contribution in [0.3, 0.4) is 0 Å². The molecule has 0 saturated carbocycles. The Hall–Kier alpha value is -2.10. The van der Waals surface area contributed by atoms with E-state index in [1.54, 1.807) is 10.7 Å². The Bertz CT molecular complexity index is 562. The summed E-state index contributed by atoms with van der Waals surface area (Å²) in [6, 6.07) is 11.7. The van der Waals surface area contributed by atoms with Gasteiger partial charge >= 0.3 is 0 Å². The third-order valence-electron chi connectivity index (χ3n) is 3.62. The van der Waals surface area contributed by atoms with Crippen LogP contribution in [0.2, 0.25) is 0 Å². The van der Waals surface area contributed by atoms with Gasteiger partial charge in [0.05, 0.1) is 5.92 Å². The third kappa shape index (κ3) is 3.26. The number of carbonyl (C=O) groups is 1. The standard InChI is InChI=1S/C16H21N3O/c1-4-12(2)15(13-8-6-5-7-9-13)16(20)17-14-10-11-19(3)18-14/h5-12,15H,4H2,1-3H3,(H,17,18,20)/t12-,15+/m1/s1. The summed E-state index contributed by atoms with van der Waals surface area (Å²) in [6.45, 7) is 4.21. The summed E-state index contributed by atoms with van der Waals surface area (Å²) in [5.41, 5.74) is 1.05. The maximum Gasteiger partial charge on any atom is 0.233 e. The molecule has 1 aromatic carbocycles. The van der Waals surface area contributed by atoms with Crippen LogP contribution in [0.25, 0.3) is 0 Å². The number of anilines is 1. The Kier molecular flexibility index (Phi) is 4.56. The zero-order valence-electron chi connectivity index (χ0n) is 12.2. The molecule has 20 heavy (non-hydrogen) atoms. The number of aromatic nitrogens is 2. The third-order valence-corrected chi connectivity index (χ3v) is 3.62. The summed E-state index contributed by atoms with van der Waals surface area (Å²) < 4.78 is 1.68. The zero-order chi connectivity index (χ0) is 14.5. The molecule has 0 radical (unpaired) electrons. The van der Waals surface area contributed by atoms with Crippen molar-refractivity contribution in [2.24, 2.45) is 13.0 Å². The Morgan fingerprint density at radius 3 is 2.55 bits per heavy atom. The Morgan fingerprint density at radius 2 is 2.00 bits per heavy atom. The van der Waals surface area contributed by atoms with Crippen LogP contribution < -0.4 is 5.32 Å². The average molecular weight is 271 g/mol. The lowest BCUT2D eigenvalue weighted by Gasteiger charge is -2.22. The zero-order valence-corrected chi connectivity index (χ0v) is 12.2. The second-order valence-corrected chi connectivity index (χ2v) is 5.14. The smallest absolute Gasteiger partial charge is 0.233 e. The van der Waals surface area contributed by atoms with Crippen molar-refractivity contribution in [1.82, 2.24) is 9.78 Å². The highest BCUT2D eigenvalue weighted by Crippen LogP contribution is 2.28. The number of nitrogens with one attached hydrogen (secondary N) is 1. The first-order valence-electron chi connectivity index (χ1n) is 6.97. The van der Waals surface area contributed by atoms with Gasteiger partial charge in [-0.1, -0.05) is 50.6 Å². The van der Waals surface area contributed by atoms with Crippen LogP contribution in [0.15, 0.2) is 42.6 Å². The van der Waals surface area contributed by atoms with Crippen LogP contribution in [-0.4, -0.2) is 15.7 Å². The maximum atomic E-state index is 12.6. The number of hydrogen-bond donors (Lipinski definition) is 1. The molecule has 0 bridgehead atoms. The van der Waals surface area contributed by atoms with E-state index in [0.717, 1.165) is 12.0 Å². The normalized spacial score (nSPS) is 13.8. The lowest BCUT2D eigenvalue weighted by molar-refractivity contribution is -0.118. The molecule has 106 valence electrons. The fourth-order valence-corrected chi connectivity index (χ4v) is 2.32. The predicted molar refractivity (Wildman–Crippen MR) is 80.5 cm³/mol. The summed E-state index contributed by atoms with van der Waals surface area (Å²) >= 11 is 0. The van der Waals surface area contributed by atoms with E-state index in [-0.39, 0.29) is 17.7 Å². The molecule has 0 aliphatic carbocycles. The van der Waals surface area contributed by atoms with Crippen molar-refractivity contribution >= 4 is 11.7 Å². The maximum absolute atomic E-state index is 12.6. The first kappa shape index (κ1) is 14.3. The van der Waals surface area contributed by atoms with E-state index in [0.29, 0.717) is 5.82 Å². The summed E-state index contributed by atoms with van der Waals surface area (Å²) in [4.78, 5) is 12.6. The highest BCUT2D eigenvalue weighted by atomic mass is 16.2. The SMILES string of the molecule is CC[C@@H](C)[C@H](C(=O)Nc1ccn(C)n1)c1ccccc1. The molecular weight excluding hydrogens is 250 g/mol. The fraction of sp³-hybridized carbons (Fsp3) is 0.375. The highest BCUT2D eigenvalue weighted by molar-refractivity contribution is 5.95. The monoisotopic (exact) mass is 271 g/mol. The van der Waals surface area contributed by atoms with E-state index in [4.69, 9.17) is 0 Å². The van der Waals surface area contributed by atoms with Crippen molar-refractivity contribution in [1.29, 1.82) is 0 Å². The number of nitrogens with zero attached hydrogens (tertiary/aromatic N) is 2. The van der Waals surface area contributed by atoms with E-state index in [1.807, 2.05) is 43.6 Å². The molecule has 0 aliphatic heterocycles. The van der Waals surface area contributed by atoms with E-state index >= 15 is 0 Å². The number of hydrogen-bond acceptors (Lipinski definition) is 2. The van der Waals surface area contributed by atoms with Gasteiger partial charge in [0.1, 0.15) is 0 Å². The summed E-state index contributed by atoms with van der Waals surface area (Å²) in [5.74, 6) is 0.732. The number of rotatable bonds is 5. The molecule has 4 nitrogen and oxygen atoms in total. The van der Waals surface area contributed by atoms with Gasteiger partial charge < -0.3 is 5.32 Å². The molecule has 0 spiro atoms. The summed E-state index contributed by atoms with van der Waals surface area (Å²) in [5, 5.41) is 7.10. The van der Waals surface area contributed by atoms with Crippen LogP contribution >= 0.6 is 0 Å². The molecule has 1 heterocycles. The van der Waals surface area contributed by atoms with E-state index < -0.39 is 0 Å². The van der Waals surface area contributed by atoms with Crippen molar-refractivity contribution in [2.45, 2.75) is 26.2 Å². The quantitative estimate of drug-likeness (QED) is 0.907. The average Bonchev–Trinajstić information content (AvgIpc) is 2.85. The van der Waals surface area contributed by atoms with Gasteiger partial charge in [-0.15, -0.1) is 0 Å². The molecule has 4 heteroatoms. The molecule has 0 fully saturated rings. The van der Waals surface area contributed by atoms with Crippen molar-refractivity contribution in [3.63, 3.8) is 0 Å². The minimum atomic E-state index is -0.150. The number of benzene rings is 1. The van der Waals surface area contributed by atoms with Crippen molar-refractivity contribution in [3.05, 3.63) is 48.2 Å². The molecular formula is C16H21N3O. The Balaban J connectivity index is 2.20. The van der Waals surface area contributed by atoms with Crippen molar-refractivity contribution in [2.75, 3.05) is 5.32 Å². The van der Waals surface area contributed by atoms with E-state index in [9.17, 15) is 4.79 Å². The van der Waals surface area contributed by atoms with Crippen LogP contribution in [0.5, 0.6) is 0 Å². The van der Waals surface area contributed by atoms with Gasteiger partial charge in [-0.25, -0.2) is 0 Å². The van der Waals surface area contributed by atoms with Gasteiger partial charge in [0.15, 0.2) is 5.82 Å². The van der Waals surface area contributed by atoms with Crippen LogP contribution in [0, 0.1) is 5.92 Å². The lowest BCUT2D eigenvalue weighted by atomic mass is 9.85. The fourth-order valence-electron chi connectivity index (χ4n) is 2.32. The Labute approximate surface area is 119 Å². The molecule has 2 aromatic rings. The van der Waals surface area contributed by atoms with Crippen molar-refractivity contribution < 1.29 is 4.79 Å². The molecule has 1 N–H and O–H groups in total. The number of amides is 1. The van der Waals surface area contributed by atoms with Gasteiger partial charge in [-0.05, 0) is 11.5 Å². The van der Waals surface area contributed by atoms with Crippen LogP contribution in [0.4, 0.5) is 5.82 Å². The number of aryl methyl sites for hydroxylation is 1. The van der Waals surface area contributed by atoms with Crippen molar-refractivity contribution in [3.8, 4) is 0 Å². The van der Waals surface area contributed by atoms with E-state index in [2.05, 4.69) is 24.3 Å². The van der Waals surface area contributed by atoms with E-state index in [1.165, 1.54) is 0 Å². The second-order valence-electron chi connectivity index (χ2n) is 5.14. The first-order chi connectivity index (χ1) is 9.61. The lowest BCUT2D eigenvalue weighted by Crippen LogP contribution is -2.26. The summed E-state index contributed by atoms with van der Waals surface area (Å²) in [7, 11) is 1.83. The predicted octanol–water partition coefficient (Wildman–Crippen LogP) is 3.19. The topological polar surface area (TPSA) is 46.9 Å². The Morgan fingerprint density at radius 1 is 1.30 bits per heavy atom. The summed E-state index contributed by atoms with van der Waals surface area (Å²) in [6.07, 6.45) is 2.77. The highest BCUT2D eigenvalue weighted by Gasteiger charge is 2.26. The van der Waals surface area contributed by atoms with Gasteiger partial charge in [0.25, 0.3) is 0 Å². The molecule has 1 amide bonds. The van der Waals surface area contributed by atoms with Gasteiger partial charge in [-0.3, -0.25) is 9.48 Å². The first-order valence-corrected chi connectivity index (χ1v) is 6.97. The van der Waals surface area contributed by atoms with Gasteiger partial charge in [0.2, 0.25) is 5.91 Å². The molecule has 2 rings (SSSR count). The van der Waals surface area contributed by atoms with Gasteiger partial charge in [0, 0.05) is 19.3 Å². The van der Waals surface area contributed by atoms with Gasteiger partial charge in [-0.2, -0.15) is 5.10 Å². The molecule has 0 unspecified atom stereocenters. The molecule has 1 aromatic heterocycles. The molecule has 2 atom stereocenters.